The monoisotopic (exact) mass is 729 g/mol. The van der Waals surface area contributed by atoms with Crippen molar-refractivity contribution in [3.63, 3.8) is 0 Å². The van der Waals surface area contributed by atoms with Crippen molar-refractivity contribution in [1.82, 2.24) is 14.8 Å². The third kappa shape index (κ3) is 6.16. The van der Waals surface area contributed by atoms with Crippen molar-refractivity contribution in [2.45, 2.75) is 46.3 Å². The van der Waals surface area contributed by atoms with Crippen LogP contribution in [0.2, 0.25) is 0 Å². The zero-order valence-electron chi connectivity index (χ0n) is 30.7. The summed E-state index contributed by atoms with van der Waals surface area (Å²) in [6, 6.07) is 17.7. The van der Waals surface area contributed by atoms with Crippen LogP contribution < -0.4 is 0 Å². The molecule has 54 heavy (non-hydrogen) atoms. The van der Waals surface area contributed by atoms with Crippen LogP contribution >= 0.6 is 0 Å². The Balaban J connectivity index is 1.06. The number of fused-ring (bicyclic) bond motifs is 2. The van der Waals surface area contributed by atoms with Gasteiger partial charge in [-0.05, 0) is 71.5 Å². The first kappa shape index (κ1) is 36.7. The summed E-state index contributed by atoms with van der Waals surface area (Å²) in [6.45, 7) is 9.46. The van der Waals surface area contributed by atoms with Crippen molar-refractivity contribution in [3.05, 3.63) is 136 Å². The van der Waals surface area contributed by atoms with Gasteiger partial charge in [0, 0.05) is 48.0 Å². The summed E-state index contributed by atoms with van der Waals surface area (Å²) in [5.41, 5.74) is 3.52. The Labute approximate surface area is 313 Å². The first-order valence-corrected chi connectivity index (χ1v) is 18.0. The van der Waals surface area contributed by atoms with E-state index in [2.05, 4.69) is 37.9 Å². The molecule has 11 heteroatoms. The number of nitrogens with zero attached hydrogens (tertiary/aromatic N) is 3. The summed E-state index contributed by atoms with van der Waals surface area (Å²) in [5, 5.41) is 41.4. The molecule has 4 N–H and O–H groups in total. The topological polar surface area (TPSA) is 169 Å². The fourth-order valence-electron chi connectivity index (χ4n) is 8.99. The molecule has 2 amide bonds. The summed E-state index contributed by atoms with van der Waals surface area (Å²) >= 11 is 0. The second-order valence-corrected chi connectivity index (χ2v) is 15.8. The van der Waals surface area contributed by atoms with E-state index in [0.29, 0.717) is 37.1 Å². The molecule has 0 saturated carbocycles. The van der Waals surface area contributed by atoms with Gasteiger partial charge in [-0.15, -0.1) is 0 Å². The lowest BCUT2D eigenvalue weighted by Crippen LogP contribution is -2.52. The number of amides is 2. The second kappa shape index (κ2) is 13.0. The van der Waals surface area contributed by atoms with Gasteiger partial charge in [-0.2, -0.15) is 0 Å². The lowest BCUT2D eigenvalue weighted by molar-refractivity contribution is -0.0957. The molecular formula is C43H43N3O8. The molecule has 0 unspecified atom stereocenters. The second-order valence-electron chi connectivity index (χ2n) is 15.8. The molecule has 0 radical (unpaired) electrons. The van der Waals surface area contributed by atoms with Crippen LogP contribution in [0.5, 0.6) is 0 Å². The molecule has 2 aliphatic heterocycles. The Morgan fingerprint density at radius 2 is 1.02 bits per heavy atom. The highest BCUT2D eigenvalue weighted by molar-refractivity contribution is 5.97. The zero-order chi connectivity index (χ0) is 38.8. The van der Waals surface area contributed by atoms with Gasteiger partial charge in [0.15, 0.2) is 0 Å². The maximum absolute atomic E-state index is 14.0. The predicted molar refractivity (Wildman–Crippen MR) is 201 cm³/mol. The van der Waals surface area contributed by atoms with E-state index in [1.807, 2.05) is 19.1 Å². The largest absolute Gasteiger partial charge is 0.478 e. The Morgan fingerprint density at radius 1 is 0.593 bits per heavy atom. The van der Waals surface area contributed by atoms with Crippen LogP contribution in [0.25, 0.3) is 11.1 Å². The minimum Gasteiger partial charge on any atom is -0.478 e. The Kier molecular flexibility index (Phi) is 8.86. The van der Waals surface area contributed by atoms with Gasteiger partial charge in [-0.25, -0.2) is 14.6 Å². The van der Waals surface area contributed by atoms with E-state index in [0.717, 1.165) is 11.1 Å². The van der Waals surface area contributed by atoms with Crippen LogP contribution in [0.4, 0.5) is 0 Å². The van der Waals surface area contributed by atoms with Crippen molar-refractivity contribution >= 4 is 34.9 Å². The summed E-state index contributed by atoms with van der Waals surface area (Å²) in [4.78, 5) is 58.4. The van der Waals surface area contributed by atoms with Crippen LogP contribution in [0.3, 0.4) is 0 Å². The Bertz CT molecular complexity index is 2060. The Morgan fingerprint density at radius 3 is 1.50 bits per heavy atom. The van der Waals surface area contributed by atoms with Crippen LogP contribution in [0, 0.1) is 16.2 Å². The van der Waals surface area contributed by atoms with Gasteiger partial charge in [0.1, 0.15) is 11.4 Å². The summed E-state index contributed by atoms with van der Waals surface area (Å²) < 4.78 is 0. The lowest BCUT2D eigenvalue weighted by Gasteiger charge is -2.50. The molecule has 0 spiro atoms. The summed E-state index contributed by atoms with van der Waals surface area (Å²) in [7, 11) is 0. The number of rotatable bonds is 6. The molecule has 278 valence electrons. The number of aromatic carboxylic acids is 2. The number of carboxylic acids is 2. The number of aliphatic hydroxyl groups is 2. The number of carbonyl (C=O) groups excluding carboxylic acids is 2. The highest BCUT2D eigenvalue weighted by atomic mass is 16.5. The predicted octanol–water partition coefficient (Wildman–Crippen LogP) is 5.94. The normalized spacial score (nSPS) is 24.2. The van der Waals surface area contributed by atoms with Gasteiger partial charge in [0.05, 0.1) is 11.1 Å². The van der Waals surface area contributed by atoms with Crippen LogP contribution in [-0.4, -0.2) is 90.9 Å². The average Bonchev–Trinajstić information content (AvgIpc) is 3.13. The molecule has 0 saturated heterocycles. The van der Waals surface area contributed by atoms with E-state index in [-0.39, 0.29) is 63.8 Å². The molecule has 2 aromatic carbocycles. The van der Waals surface area contributed by atoms with E-state index in [1.54, 1.807) is 64.4 Å². The fraction of sp³-hybridized carbons (Fsp3) is 0.326. The molecule has 4 aliphatic rings. The van der Waals surface area contributed by atoms with Crippen molar-refractivity contribution in [1.29, 1.82) is 0 Å². The minimum absolute atomic E-state index is 0.0904. The molecule has 7 rings (SSSR count). The van der Waals surface area contributed by atoms with Gasteiger partial charge in [-0.1, -0.05) is 87.9 Å². The first-order chi connectivity index (χ1) is 25.4. The molecular weight excluding hydrogens is 686 g/mol. The average molecular weight is 730 g/mol. The smallest absolute Gasteiger partial charge is 0.335 e. The van der Waals surface area contributed by atoms with Gasteiger partial charge >= 0.3 is 11.9 Å². The minimum atomic E-state index is -2.32. The molecule has 3 aromatic rings. The molecule has 0 fully saturated rings. The SMILES string of the molecule is CC1(C)C(c2ccc(C(=O)O)cc2)=CC[C@]2(C)CN(C(=O)c3cccc(C(=O)N4CC=C5C(O)(O)C(c6ccc(C(=O)O)cc6)=CC[C@]5(C)C4)n3)CC=C12. The third-order valence-electron chi connectivity index (χ3n) is 11.7. The molecule has 11 nitrogen and oxygen atoms in total. The van der Waals surface area contributed by atoms with Gasteiger partial charge in [0.25, 0.3) is 11.8 Å². The van der Waals surface area contributed by atoms with Crippen molar-refractivity contribution in [2.24, 2.45) is 16.2 Å². The van der Waals surface area contributed by atoms with Crippen LogP contribution in [-0.2, 0) is 0 Å². The summed E-state index contributed by atoms with van der Waals surface area (Å²) in [6.07, 6.45) is 8.78. The van der Waals surface area contributed by atoms with Crippen LogP contribution in [0.15, 0.2) is 102 Å². The third-order valence-corrected chi connectivity index (χ3v) is 11.7. The zero-order valence-corrected chi connectivity index (χ0v) is 30.7. The number of allylic oxidation sites excluding steroid dienone is 3. The maximum Gasteiger partial charge on any atom is 0.335 e. The molecule has 2 aliphatic carbocycles. The van der Waals surface area contributed by atoms with Crippen molar-refractivity contribution in [2.75, 3.05) is 26.2 Å². The quantitative estimate of drug-likeness (QED) is 0.177. The molecule has 2 atom stereocenters. The van der Waals surface area contributed by atoms with E-state index < -0.39 is 23.1 Å². The van der Waals surface area contributed by atoms with E-state index in [1.165, 1.54) is 17.7 Å². The maximum atomic E-state index is 14.0. The standard InChI is InChI=1S/C43H43N3O8/c1-40(2)30(26-8-12-28(13-9-26)38(49)50)16-20-41(3)24-45(22-18-34(40)41)36(47)32-6-5-7-33(44-32)37(48)46-23-19-35-42(4,25-46)21-17-31(43(35,53)54)27-10-14-29(15-11-27)39(51)52/h5-19,53-54H,20-25H2,1-4H3,(H,49,50)(H,51,52)/t41-,42-/m1/s1. The highest BCUT2D eigenvalue weighted by Gasteiger charge is 2.50. The van der Waals surface area contributed by atoms with Crippen molar-refractivity contribution in [3.8, 4) is 0 Å². The van der Waals surface area contributed by atoms with Gasteiger partial charge in [-0.3, -0.25) is 9.59 Å². The first-order valence-electron chi connectivity index (χ1n) is 18.0. The number of aromatic nitrogens is 1. The number of carbonyl (C=O) groups is 4. The van der Waals surface area contributed by atoms with E-state index in [9.17, 15) is 39.6 Å². The summed E-state index contributed by atoms with van der Waals surface area (Å²) in [5.74, 6) is -5.02. The van der Waals surface area contributed by atoms with Gasteiger partial charge in [0.2, 0.25) is 5.79 Å². The molecule has 1 aromatic heterocycles. The van der Waals surface area contributed by atoms with E-state index >= 15 is 0 Å². The van der Waals surface area contributed by atoms with Crippen molar-refractivity contribution < 1.29 is 39.6 Å². The fourth-order valence-corrected chi connectivity index (χ4v) is 8.99. The number of benzene rings is 2. The number of carboxylic acid groups (broad SMARTS) is 2. The van der Waals surface area contributed by atoms with Gasteiger partial charge < -0.3 is 30.2 Å². The Hall–Kier alpha value is -5.65. The number of hydrogen-bond donors (Lipinski definition) is 4. The number of hydrogen-bond acceptors (Lipinski definition) is 7. The highest BCUT2D eigenvalue weighted by Crippen LogP contribution is 2.55. The van der Waals surface area contributed by atoms with Crippen LogP contribution in [0.1, 0.15) is 93.4 Å². The molecule has 3 heterocycles. The van der Waals surface area contributed by atoms with E-state index in [4.69, 9.17) is 0 Å². The number of pyridine rings is 1. The lowest BCUT2D eigenvalue weighted by atomic mass is 9.58. The molecule has 0 bridgehead atoms.